The summed E-state index contributed by atoms with van der Waals surface area (Å²) in [5.41, 5.74) is 1.32. The minimum absolute atomic E-state index is 0.0214. The van der Waals surface area contributed by atoms with Gasteiger partial charge >= 0.3 is 0 Å². The van der Waals surface area contributed by atoms with Crippen LogP contribution in [0, 0.1) is 12.8 Å². The van der Waals surface area contributed by atoms with E-state index < -0.39 is 0 Å². The Kier molecular flexibility index (Phi) is 6.29. The van der Waals surface area contributed by atoms with Gasteiger partial charge in [0.2, 0.25) is 0 Å². The molecule has 1 amide bonds. The Morgan fingerprint density at radius 3 is 2.47 bits per heavy atom. The van der Waals surface area contributed by atoms with E-state index in [4.69, 9.17) is 11.6 Å². The predicted octanol–water partition coefficient (Wildman–Crippen LogP) is 3.94. The molecule has 0 aromatic carbocycles. The highest BCUT2D eigenvalue weighted by Crippen LogP contribution is 2.19. The average Bonchev–Trinajstić information content (AvgIpc) is 2.39. The number of carbonyl (C=O) groups is 1. The van der Waals surface area contributed by atoms with Crippen molar-refractivity contribution >= 4 is 17.5 Å². The molecule has 1 heterocycles. The molecule has 0 spiro atoms. The Morgan fingerprint density at radius 1 is 1.37 bits per heavy atom. The van der Waals surface area contributed by atoms with Crippen molar-refractivity contribution in [1.29, 1.82) is 0 Å². The number of amides is 1. The molecule has 0 radical (unpaired) electrons. The summed E-state index contributed by atoms with van der Waals surface area (Å²) in [6.45, 7) is 9.66. The molecule has 0 saturated heterocycles. The van der Waals surface area contributed by atoms with Crippen molar-refractivity contribution in [3.8, 4) is 0 Å². The van der Waals surface area contributed by atoms with Crippen molar-refractivity contribution in [2.45, 2.75) is 40.5 Å². The molecule has 3 nitrogen and oxygen atoms in total. The lowest BCUT2D eigenvalue weighted by Crippen LogP contribution is -2.35. The van der Waals surface area contributed by atoms with Crippen LogP contribution in [0.25, 0.3) is 0 Å². The van der Waals surface area contributed by atoms with Crippen molar-refractivity contribution in [3.63, 3.8) is 0 Å². The summed E-state index contributed by atoms with van der Waals surface area (Å²) in [7, 11) is 0. The van der Waals surface area contributed by atoms with E-state index in [0.29, 0.717) is 23.0 Å². The molecule has 106 valence electrons. The second kappa shape index (κ2) is 7.49. The van der Waals surface area contributed by atoms with Gasteiger partial charge in [-0.15, -0.1) is 0 Å². The lowest BCUT2D eigenvalue weighted by molar-refractivity contribution is 0.0734. The van der Waals surface area contributed by atoms with Gasteiger partial charge in [-0.2, -0.15) is 0 Å². The number of pyridine rings is 1. The van der Waals surface area contributed by atoms with E-state index in [1.165, 1.54) is 0 Å². The van der Waals surface area contributed by atoms with Crippen LogP contribution in [0.4, 0.5) is 0 Å². The van der Waals surface area contributed by atoms with Crippen LogP contribution in [-0.2, 0) is 0 Å². The average molecular weight is 283 g/mol. The smallest absolute Gasteiger partial charge is 0.256 e. The van der Waals surface area contributed by atoms with Crippen LogP contribution >= 0.6 is 11.6 Å². The number of aromatic nitrogens is 1. The molecule has 1 aromatic rings. The molecule has 0 aliphatic heterocycles. The van der Waals surface area contributed by atoms with Crippen molar-refractivity contribution in [2.75, 3.05) is 13.1 Å². The summed E-state index contributed by atoms with van der Waals surface area (Å²) >= 11 is 6.14. The number of halogens is 1. The summed E-state index contributed by atoms with van der Waals surface area (Å²) < 4.78 is 0. The van der Waals surface area contributed by atoms with Gasteiger partial charge in [-0.3, -0.25) is 9.78 Å². The van der Waals surface area contributed by atoms with Gasteiger partial charge in [0.1, 0.15) is 0 Å². The summed E-state index contributed by atoms with van der Waals surface area (Å²) in [5, 5.41) is 0.487. The van der Waals surface area contributed by atoms with Gasteiger partial charge in [0.15, 0.2) is 0 Å². The molecule has 0 bridgehead atoms. The predicted molar refractivity (Wildman–Crippen MR) is 79.6 cm³/mol. The fraction of sp³-hybridized carbons (Fsp3) is 0.600. The molecular weight excluding hydrogens is 260 g/mol. The number of aryl methyl sites for hydroxylation is 1. The molecule has 0 fully saturated rings. The van der Waals surface area contributed by atoms with Crippen LogP contribution in [0.5, 0.6) is 0 Å². The quantitative estimate of drug-likeness (QED) is 0.792. The van der Waals surface area contributed by atoms with Crippen molar-refractivity contribution in [2.24, 2.45) is 5.92 Å². The highest BCUT2D eigenvalue weighted by Gasteiger charge is 2.20. The Hall–Kier alpha value is -1.09. The number of hydrogen-bond donors (Lipinski definition) is 0. The van der Waals surface area contributed by atoms with Crippen LogP contribution in [0.2, 0.25) is 5.02 Å². The topological polar surface area (TPSA) is 33.2 Å². The maximum atomic E-state index is 12.5. The lowest BCUT2D eigenvalue weighted by atomic mass is 10.0. The van der Waals surface area contributed by atoms with Crippen molar-refractivity contribution < 1.29 is 4.79 Å². The first-order valence-corrected chi connectivity index (χ1v) is 7.32. The molecule has 0 unspecified atom stereocenters. The highest BCUT2D eigenvalue weighted by atomic mass is 35.5. The summed E-state index contributed by atoms with van der Waals surface area (Å²) in [6.07, 6.45) is 3.75. The number of rotatable bonds is 6. The first-order chi connectivity index (χ1) is 9.03. The SMILES string of the molecule is CCC(CC)CN(CC)C(=O)c1cnc(C)cc1Cl. The molecule has 0 atom stereocenters. The zero-order valence-electron chi connectivity index (χ0n) is 12.2. The Labute approximate surface area is 121 Å². The molecule has 0 aliphatic carbocycles. The molecule has 1 aromatic heterocycles. The lowest BCUT2D eigenvalue weighted by Gasteiger charge is -2.25. The van der Waals surface area contributed by atoms with Gasteiger partial charge in [0, 0.05) is 25.0 Å². The number of nitrogens with zero attached hydrogens (tertiary/aromatic N) is 2. The van der Waals surface area contributed by atoms with E-state index in [9.17, 15) is 4.79 Å². The maximum Gasteiger partial charge on any atom is 0.256 e. The third kappa shape index (κ3) is 4.20. The van der Waals surface area contributed by atoms with E-state index in [1.807, 2.05) is 18.7 Å². The molecule has 19 heavy (non-hydrogen) atoms. The normalized spacial score (nSPS) is 10.8. The number of carbonyl (C=O) groups excluding carboxylic acids is 1. The first kappa shape index (κ1) is 16.0. The van der Waals surface area contributed by atoms with Crippen LogP contribution < -0.4 is 0 Å². The summed E-state index contributed by atoms with van der Waals surface area (Å²) in [4.78, 5) is 18.5. The van der Waals surface area contributed by atoms with E-state index >= 15 is 0 Å². The Balaban J connectivity index is 2.89. The second-order valence-electron chi connectivity index (χ2n) is 4.83. The van der Waals surface area contributed by atoms with Gasteiger partial charge in [-0.25, -0.2) is 0 Å². The monoisotopic (exact) mass is 282 g/mol. The molecule has 1 rings (SSSR count). The second-order valence-corrected chi connectivity index (χ2v) is 5.24. The Morgan fingerprint density at radius 2 is 2.00 bits per heavy atom. The zero-order chi connectivity index (χ0) is 14.4. The first-order valence-electron chi connectivity index (χ1n) is 6.94. The minimum Gasteiger partial charge on any atom is -0.339 e. The Bertz CT molecular complexity index is 430. The van der Waals surface area contributed by atoms with E-state index in [1.54, 1.807) is 12.3 Å². The van der Waals surface area contributed by atoms with E-state index in [2.05, 4.69) is 18.8 Å². The van der Waals surface area contributed by atoms with Gasteiger partial charge in [-0.05, 0) is 25.8 Å². The van der Waals surface area contributed by atoms with Gasteiger partial charge in [0.05, 0.1) is 10.6 Å². The van der Waals surface area contributed by atoms with E-state index in [0.717, 1.165) is 25.1 Å². The summed E-state index contributed by atoms with van der Waals surface area (Å²) in [6, 6.07) is 1.74. The van der Waals surface area contributed by atoms with E-state index in [-0.39, 0.29) is 5.91 Å². The number of hydrogen-bond acceptors (Lipinski definition) is 2. The maximum absolute atomic E-state index is 12.5. The van der Waals surface area contributed by atoms with Crippen LogP contribution in [0.15, 0.2) is 12.3 Å². The van der Waals surface area contributed by atoms with Gasteiger partial charge in [-0.1, -0.05) is 38.3 Å². The standard InChI is InChI=1S/C15H23ClN2O/c1-5-12(6-2)10-18(7-3)15(19)13-9-17-11(4)8-14(13)16/h8-9,12H,5-7,10H2,1-4H3. The van der Waals surface area contributed by atoms with Crippen molar-refractivity contribution in [1.82, 2.24) is 9.88 Å². The van der Waals surface area contributed by atoms with Crippen LogP contribution in [0.1, 0.15) is 49.7 Å². The zero-order valence-corrected chi connectivity index (χ0v) is 13.0. The highest BCUT2D eigenvalue weighted by molar-refractivity contribution is 6.33. The summed E-state index contributed by atoms with van der Waals surface area (Å²) in [5.74, 6) is 0.521. The van der Waals surface area contributed by atoms with Gasteiger partial charge < -0.3 is 4.90 Å². The third-order valence-corrected chi connectivity index (χ3v) is 3.84. The van der Waals surface area contributed by atoms with Crippen LogP contribution in [-0.4, -0.2) is 28.9 Å². The van der Waals surface area contributed by atoms with Crippen LogP contribution in [0.3, 0.4) is 0 Å². The van der Waals surface area contributed by atoms with Gasteiger partial charge in [0.25, 0.3) is 5.91 Å². The molecular formula is C15H23ClN2O. The van der Waals surface area contributed by atoms with Crippen molar-refractivity contribution in [3.05, 3.63) is 28.5 Å². The largest absolute Gasteiger partial charge is 0.339 e. The molecule has 0 saturated carbocycles. The fourth-order valence-corrected chi connectivity index (χ4v) is 2.36. The molecule has 4 heteroatoms. The molecule has 0 aliphatic rings. The fourth-order valence-electron chi connectivity index (χ4n) is 2.07. The molecule has 0 N–H and O–H groups in total. The minimum atomic E-state index is -0.0214. The third-order valence-electron chi connectivity index (χ3n) is 3.52.